The number of hydrogen-bond donors (Lipinski definition) is 0. The van der Waals surface area contributed by atoms with Crippen molar-refractivity contribution < 1.29 is 27.2 Å². The van der Waals surface area contributed by atoms with Gasteiger partial charge >= 0.3 is 0 Å². The number of piperidine rings is 1. The number of hydrogen-bond acceptors (Lipinski definition) is 2. The summed E-state index contributed by atoms with van der Waals surface area (Å²) in [6.45, 7) is 3.30. The molecule has 7 heteroatoms. The van der Waals surface area contributed by atoms with Crippen molar-refractivity contribution in [3.8, 4) is 0 Å². The molecule has 1 saturated heterocycles. The molecule has 0 radical (unpaired) electrons. The van der Waals surface area contributed by atoms with Crippen molar-refractivity contribution in [2.75, 3.05) is 13.1 Å². The quantitative estimate of drug-likeness (QED) is 0.568. The summed E-state index contributed by atoms with van der Waals surface area (Å²) in [5.74, 6) is -5.06. The van der Waals surface area contributed by atoms with Crippen LogP contribution in [0.1, 0.15) is 11.1 Å². The number of Topliss-reactive ketones (excluding diaryl/α,β-unsaturated/α-hetero) is 1. The minimum atomic E-state index is -1.07. The Morgan fingerprint density at radius 1 is 0.828 bits per heavy atom. The van der Waals surface area contributed by atoms with Gasteiger partial charge in [0.15, 0.2) is 29.1 Å². The van der Waals surface area contributed by atoms with E-state index in [1.165, 1.54) is 29.2 Å². The average Bonchev–Trinajstić information content (AvgIpc) is 2.69. The lowest BCUT2D eigenvalue weighted by Gasteiger charge is -2.29. The summed E-state index contributed by atoms with van der Waals surface area (Å²) < 4.78 is 53.2. The Kier molecular flexibility index (Phi) is 5.77. The van der Waals surface area contributed by atoms with Crippen LogP contribution in [0.3, 0.4) is 0 Å². The van der Waals surface area contributed by atoms with Gasteiger partial charge in [-0.1, -0.05) is 18.7 Å². The molecule has 1 fully saturated rings. The molecule has 0 spiro atoms. The minimum absolute atomic E-state index is 0.0577. The van der Waals surface area contributed by atoms with Crippen molar-refractivity contribution in [3.05, 3.63) is 94.6 Å². The van der Waals surface area contributed by atoms with E-state index >= 15 is 0 Å². The normalized spacial score (nSPS) is 17.1. The molecular weight excluding hydrogens is 386 g/mol. The number of rotatable bonds is 3. The Hall–Kier alpha value is -3.48. The van der Waals surface area contributed by atoms with Crippen LogP contribution >= 0.6 is 0 Å². The van der Waals surface area contributed by atoms with E-state index < -0.39 is 35.0 Å². The third-order valence-electron chi connectivity index (χ3n) is 4.36. The number of likely N-dealkylation sites (tertiary alicyclic amines) is 1. The highest BCUT2D eigenvalue weighted by Gasteiger charge is 2.28. The van der Waals surface area contributed by atoms with Crippen LogP contribution in [0, 0.1) is 23.3 Å². The number of carbonyl (C=O) groups excluding carboxylic acids is 2. The van der Waals surface area contributed by atoms with Crippen LogP contribution in [0.5, 0.6) is 0 Å². The average molecular weight is 401 g/mol. The maximum absolute atomic E-state index is 13.5. The Morgan fingerprint density at radius 3 is 1.66 bits per heavy atom. The van der Waals surface area contributed by atoms with E-state index in [0.717, 1.165) is 30.3 Å². The van der Waals surface area contributed by atoms with Gasteiger partial charge in [0.2, 0.25) is 5.91 Å². The maximum Gasteiger partial charge on any atom is 0.246 e. The molecule has 0 saturated carbocycles. The fraction of sp³-hybridized carbons (Fsp3) is 0.0909. The Morgan fingerprint density at radius 2 is 1.28 bits per heavy atom. The number of nitrogens with zero attached hydrogens (tertiary/aromatic N) is 1. The van der Waals surface area contributed by atoms with Gasteiger partial charge in [0.05, 0.1) is 13.1 Å². The summed E-state index contributed by atoms with van der Waals surface area (Å²) in [5.41, 5.74) is 0.803. The van der Waals surface area contributed by atoms with Crippen LogP contribution in [0.4, 0.5) is 17.6 Å². The first kappa shape index (κ1) is 20.3. The van der Waals surface area contributed by atoms with E-state index in [-0.39, 0.29) is 35.4 Å². The van der Waals surface area contributed by atoms with Gasteiger partial charge in [-0.2, -0.15) is 0 Å². The third kappa shape index (κ3) is 4.51. The van der Waals surface area contributed by atoms with Gasteiger partial charge in [-0.05, 0) is 53.6 Å². The molecule has 3 rings (SSSR count). The van der Waals surface area contributed by atoms with E-state index in [9.17, 15) is 27.2 Å². The van der Waals surface area contributed by atoms with E-state index in [1.54, 1.807) is 0 Å². The number of amides is 1. The second kappa shape index (κ2) is 8.26. The highest BCUT2D eigenvalue weighted by atomic mass is 19.2. The Bertz CT molecular complexity index is 999. The molecule has 29 heavy (non-hydrogen) atoms. The molecule has 0 bridgehead atoms. The van der Waals surface area contributed by atoms with Crippen molar-refractivity contribution in [3.63, 3.8) is 0 Å². The molecular formula is C22H15F4NO2. The van der Waals surface area contributed by atoms with E-state index in [4.69, 9.17) is 0 Å². The molecule has 0 N–H and O–H groups in total. The fourth-order valence-corrected chi connectivity index (χ4v) is 2.93. The number of ketones is 1. The van der Waals surface area contributed by atoms with Crippen LogP contribution in [0.2, 0.25) is 0 Å². The second-order valence-corrected chi connectivity index (χ2v) is 6.41. The van der Waals surface area contributed by atoms with E-state index in [1.807, 2.05) is 0 Å². The van der Waals surface area contributed by atoms with Crippen LogP contribution in [0.15, 0.2) is 60.2 Å². The second-order valence-electron chi connectivity index (χ2n) is 6.41. The summed E-state index contributed by atoms with van der Waals surface area (Å²) in [6.07, 6.45) is 3.79. The molecule has 1 amide bonds. The molecule has 0 atom stereocenters. The van der Waals surface area contributed by atoms with Gasteiger partial charge in [-0.3, -0.25) is 9.59 Å². The van der Waals surface area contributed by atoms with E-state index in [2.05, 4.69) is 6.58 Å². The van der Waals surface area contributed by atoms with Crippen LogP contribution in [-0.4, -0.2) is 29.7 Å². The van der Waals surface area contributed by atoms with Gasteiger partial charge in [0.1, 0.15) is 0 Å². The molecule has 1 aliphatic heterocycles. The Balaban J connectivity index is 2.03. The lowest BCUT2D eigenvalue weighted by Crippen LogP contribution is -2.40. The zero-order valence-electron chi connectivity index (χ0n) is 15.1. The highest BCUT2D eigenvalue weighted by Crippen LogP contribution is 2.23. The molecule has 0 aliphatic carbocycles. The fourth-order valence-electron chi connectivity index (χ4n) is 2.93. The monoisotopic (exact) mass is 401 g/mol. The highest BCUT2D eigenvalue weighted by molar-refractivity contribution is 6.15. The first-order valence-electron chi connectivity index (χ1n) is 8.56. The summed E-state index contributed by atoms with van der Waals surface area (Å²) in [6, 6.07) is 6.32. The van der Waals surface area contributed by atoms with Crippen LogP contribution < -0.4 is 0 Å². The standard InChI is InChI=1S/C22H15F4NO2/c1-2-21(28)27-11-15(7-13-3-5-17(23)19(25)9-13)22(29)16(12-27)8-14-4-6-18(24)20(26)10-14/h2-10H,1,11-12H2. The van der Waals surface area contributed by atoms with Crippen molar-refractivity contribution in [1.82, 2.24) is 4.90 Å². The minimum Gasteiger partial charge on any atom is -0.330 e. The zero-order chi connectivity index (χ0) is 21.1. The molecule has 3 nitrogen and oxygen atoms in total. The largest absolute Gasteiger partial charge is 0.330 e. The maximum atomic E-state index is 13.5. The van der Waals surface area contributed by atoms with Gasteiger partial charge in [-0.25, -0.2) is 17.6 Å². The topological polar surface area (TPSA) is 37.4 Å². The molecule has 2 aromatic carbocycles. The predicted molar refractivity (Wildman–Crippen MR) is 100 cm³/mol. The number of carbonyl (C=O) groups is 2. The molecule has 0 aromatic heterocycles. The number of benzene rings is 2. The third-order valence-corrected chi connectivity index (χ3v) is 4.36. The van der Waals surface area contributed by atoms with E-state index in [0.29, 0.717) is 0 Å². The molecule has 148 valence electrons. The van der Waals surface area contributed by atoms with Crippen molar-refractivity contribution in [2.45, 2.75) is 0 Å². The smallest absolute Gasteiger partial charge is 0.246 e. The predicted octanol–water partition coefficient (Wildman–Crippen LogP) is 4.31. The van der Waals surface area contributed by atoms with Crippen molar-refractivity contribution >= 4 is 23.8 Å². The summed E-state index contributed by atoms with van der Waals surface area (Å²) in [5, 5.41) is 0. The van der Waals surface area contributed by atoms with Gasteiger partial charge in [0.25, 0.3) is 0 Å². The molecule has 1 aliphatic rings. The SMILES string of the molecule is C=CC(=O)N1CC(=Cc2ccc(F)c(F)c2)C(=O)C(=Cc2ccc(F)c(F)c2)C1. The lowest BCUT2D eigenvalue weighted by molar-refractivity contribution is -0.126. The van der Waals surface area contributed by atoms with Gasteiger partial charge in [0, 0.05) is 11.1 Å². The first-order chi connectivity index (χ1) is 13.8. The Labute approximate surface area is 164 Å². The number of halogens is 4. The molecule has 1 heterocycles. The molecule has 0 unspecified atom stereocenters. The zero-order valence-corrected chi connectivity index (χ0v) is 15.1. The molecule has 2 aromatic rings. The summed E-state index contributed by atoms with van der Waals surface area (Å²) in [4.78, 5) is 26.3. The summed E-state index contributed by atoms with van der Waals surface area (Å²) in [7, 11) is 0. The lowest BCUT2D eigenvalue weighted by atomic mass is 9.94. The van der Waals surface area contributed by atoms with Crippen LogP contribution in [0.25, 0.3) is 12.2 Å². The van der Waals surface area contributed by atoms with Crippen molar-refractivity contribution in [1.29, 1.82) is 0 Å². The van der Waals surface area contributed by atoms with Gasteiger partial charge in [-0.15, -0.1) is 0 Å². The first-order valence-corrected chi connectivity index (χ1v) is 8.56. The van der Waals surface area contributed by atoms with Crippen LogP contribution in [-0.2, 0) is 9.59 Å². The van der Waals surface area contributed by atoms with Gasteiger partial charge < -0.3 is 4.90 Å². The summed E-state index contributed by atoms with van der Waals surface area (Å²) >= 11 is 0. The van der Waals surface area contributed by atoms with Crippen molar-refractivity contribution in [2.24, 2.45) is 0 Å².